The lowest BCUT2D eigenvalue weighted by Gasteiger charge is -2.06. The number of alkyl halides is 1. The van der Waals surface area contributed by atoms with E-state index >= 15 is 0 Å². The number of carbonyl (C=O) groups is 1. The van der Waals surface area contributed by atoms with Gasteiger partial charge in [-0.2, -0.15) is 0 Å². The molecule has 6 heteroatoms. The number of fused-ring (bicyclic) bond motifs is 1. The second kappa shape index (κ2) is 6.72. The third-order valence-electron chi connectivity index (χ3n) is 3.21. The third-order valence-corrected chi connectivity index (χ3v) is 4.41. The quantitative estimate of drug-likeness (QED) is 0.200. The highest BCUT2D eigenvalue weighted by Gasteiger charge is 2.17. The summed E-state index contributed by atoms with van der Waals surface area (Å²) < 4.78 is 11.2. The predicted molar refractivity (Wildman–Crippen MR) is 96.2 cm³/mol. The summed E-state index contributed by atoms with van der Waals surface area (Å²) in [5, 5.41) is 0.623. The lowest BCUT2D eigenvalue weighted by Crippen LogP contribution is -2.19. The summed E-state index contributed by atoms with van der Waals surface area (Å²) in [7, 11) is 0. The fourth-order valence-corrected chi connectivity index (χ4v) is 2.74. The van der Waals surface area contributed by atoms with Crippen molar-refractivity contribution in [3.05, 3.63) is 73.6 Å². The Bertz CT molecular complexity index is 949. The molecule has 0 saturated heterocycles. The molecule has 0 aliphatic heterocycles. The van der Waals surface area contributed by atoms with Crippen LogP contribution < -0.4 is 10.4 Å². The van der Waals surface area contributed by atoms with Gasteiger partial charge in [0.2, 0.25) is 0 Å². The number of benzene rings is 2. The van der Waals surface area contributed by atoms with Crippen LogP contribution in [0.4, 0.5) is 0 Å². The van der Waals surface area contributed by atoms with Crippen LogP contribution in [0, 0.1) is 3.57 Å². The summed E-state index contributed by atoms with van der Waals surface area (Å²) in [6.45, 7) is 0. The maximum atomic E-state index is 12.3. The van der Waals surface area contributed by atoms with Crippen molar-refractivity contribution >= 4 is 51.1 Å². The summed E-state index contributed by atoms with van der Waals surface area (Å²) in [6.07, 6.45) is 0. The van der Waals surface area contributed by atoms with Gasteiger partial charge in [-0.3, -0.25) is 0 Å². The number of halogens is 2. The summed E-state index contributed by atoms with van der Waals surface area (Å²) in [4.78, 5) is 24.3. The molecule has 0 unspecified atom stereocenters. The molecule has 3 rings (SSSR count). The van der Waals surface area contributed by atoms with E-state index < -0.39 is 11.6 Å². The van der Waals surface area contributed by atoms with Crippen molar-refractivity contribution in [1.29, 1.82) is 0 Å². The standard InChI is InChI=1S/C17H10ClIO4/c18-9-10-5-6-14-11(7-10)8-12(16(20)22-14)17(21)23-15-4-2-1-3-13(15)19/h1-8H,9H2. The van der Waals surface area contributed by atoms with Gasteiger partial charge in [0.1, 0.15) is 16.9 Å². The first-order chi connectivity index (χ1) is 11.1. The van der Waals surface area contributed by atoms with Gasteiger partial charge in [-0.05, 0) is 58.5 Å². The summed E-state index contributed by atoms with van der Waals surface area (Å²) >= 11 is 7.85. The molecule has 2 aromatic carbocycles. The molecule has 0 spiro atoms. The zero-order valence-corrected chi connectivity index (χ0v) is 14.6. The Labute approximate surface area is 150 Å². The first kappa shape index (κ1) is 16.0. The lowest BCUT2D eigenvalue weighted by molar-refractivity contribution is 0.0729. The van der Waals surface area contributed by atoms with Crippen LogP contribution in [0.25, 0.3) is 11.0 Å². The van der Waals surface area contributed by atoms with Crippen molar-refractivity contribution in [2.24, 2.45) is 0 Å². The van der Waals surface area contributed by atoms with Crippen LogP contribution >= 0.6 is 34.2 Å². The number of hydrogen-bond acceptors (Lipinski definition) is 4. The Morgan fingerprint density at radius 1 is 1.17 bits per heavy atom. The molecular weight excluding hydrogens is 431 g/mol. The van der Waals surface area contributed by atoms with Crippen molar-refractivity contribution in [1.82, 2.24) is 0 Å². The van der Waals surface area contributed by atoms with E-state index in [1.807, 2.05) is 6.07 Å². The van der Waals surface area contributed by atoms with E-state index in [1.165, 1.54) is 6.07 Å². The van der Waals surface area contributed by atoms with Crippen molar-refractivity contribution in [2.75, 3.05) is 0 Å². The zero-order chi connectivity index (χ0) is 16.4. The molecule has 0 bridgehead atoms. The number of rotatable bonds is 3. The molecule has 0 radical (unpaired) electrons. The van der Waals surface area contributed by atoms with Gasteiger partial charge in [0.15, 0.2) is 0 Å². The van der Waals surface area contributed by atoms with Gasteiger partial charge < -0.3 is 9.15 Å². The van der Waals surface area contributed by atoms with Crippen molar-refractivity contribution < 1.29 is 13.9 Å². The van der Waals surface area contributed by atoms with Crippen molar-refractivity contribution in [3.63, 3.8) is 0 Å². The Hall–Kier alpha value is -1.86. The number of hydrogen-bond donors (Lipinski definition) is 0. The van der Waals surface area contributed by atoms with Gasteiger partial charge in [0.25, 0.3) is 0 Å². The second-order valence-electron chi connectivity index (χ2n) is 4.77. The van der Waals surface area contributed by atoms with Gasteiger partial charge in [0.05, 0.1) is 3.57 Å². The molecule has 1 aromatic heterocycles. The van der Waals surface area contributed by atoms with E-state index in [9.17, 15) is 9.59 Å². The smallest absolute Gasteiger partial charge is 0.351 e. The van der Waals surface area contributed by atoms with Crippen LogP contribution in [0.15, 0.2) is 57.7 Å². The normalized spacial score (nSPS) is 10.7. The minimum atomic E-state index is -0.749. The maximum Gasteiger partial charge on any atom is 0.351 e. The molecule has 0 aliphatic carbocycles. The van der Waals surface area contributed by atoms with Gasteiger partial charge in [-0.1, -0.05) is 18.2 Å². The molecule has 3 aromatic rings. The highest BCUT2D eigenvalue weighted by atomic mass is 127. The Morgan fingerprint density at radius 3 is 2.70 bits per heavy atom. The summed E-state index contributed by atoms with van der Waals surface area (Å²) in [5.41, 5.74) is 0.385. The number of para-hydroxylation sites is 1. The van der Waals surface area contributed by atoms with E-state index in [4.69, 9.17) is 20.8 Å². The Morgan fingerprint density at radius 2 is 1.96 bits per heavy atom. The largest absolute Gasteiger partial charge is 0.422 e. The molecule has 0 saturated carbocycles. The fraction of sp³-hybridized carbons (Fsp3) is 0.0588. The van der Waals surface area contributed by atoms with Gasteiger partial charge in [-0.25, -0.2) is 9.59 Å². The number of esters is 1. The van der Waals surface area contributed by atoms with E-state index in [0.29, 0.717) is 22.6 Å². The van der Waals surface area contributed by atoms with E-state index in [-0.39, 0.29) is 5.56 Å². The average Bonchev–Trinajstić information content (AvgIpc) is 2.55. The average molecular weight is 441 g/mol. The monoisotopic (exact) mass is 440 g/mol. The fourth-order valence-electron chi connectivity index (χ4n) is 2.08. The second-order valence-corrected chi connectivity index (χ2v) is 6.20. The van der Waals surface area contributed by atoms with Crippen molar-refractivity contribution in [2.45, 2.75) is 5.88 Å². The lowest BCUT2D eigenvalue weighted by atomic mass is 10.1. The minimum Gasteiger partial charge on any atom is -0.422 e. The predicted octanol–water partition coefficient (Wildman–Crippen LogP) is 4.36. The highest BCUT2D eigenvalue weighted by molar-refractivity contribution is 14.1. The van der Waals surface area contributed by atoms with Crippen molar-refractivity contribution in [3.8, 4) is 5.75 Å². The molecular formula is C17H10ClIO4. The number of carbonyl (C=O) groups excluding carboxylic acids is 1. The van der Waals surface area contributed by atoms with Crippen LogP contribution in [-0.2, 0) is 5.88 Å². The van der Waals surface area contributed by atoms with E-state index in [0.717, 1.165) is 9.13 Å². The zero-order valence-electron chi connectivity index (χ0n) is 11.7. The molecule has 0 amide bonds. The first-order valence-electron chi connectivity index (χ1n) is 6.68. The van der Waals surface area contributed by atoms with Gasteiger partial charge in [0, 0.05) is 11.3 Å². The molecule has 0 fully saturated rings. The molecule has 0 N–H and O–H groups in total. The molecule has 23 heavy (non-hydrogen) atoms. The third kappa shape index (κ3) is 3.40. The molecule has 116 valence electrons. The van der Waals surface area contributed by atoms with Crippen LogP contribution in [0.3, 0.4) is 0 Å². The highest BCUT2D eigenvalue weighted by Crippen LogP contribution is 2.22. The first-order valence-corrected chi connectivity index (χ1v) is 8.29. The Balaban J connectivity index is 2.01. The molecule has 4 nitrogen and oxygen atoms in total. The SMILES string of the molecule is O=C(Oc1ccccc1I)c1cc2cc(CCl)ccc2oc1=O. The van der Waals surface area contributed by atoms with Crippen LogP contribution in [0.1, 0.15) is 15.9 Å². The number of ether oxygens (including phenoxy) is 1. The van der Waals surface area contributed by atoms with E-state index in [1.54, 1.807) is 36.4 Å². The minimum absolute atomic E-state index is 0.149. The molecule has 0 atom stereocenters. The van der Waals surface area contributed by atoms with E-state index in [2.05, 4.69) is 22.6 Å². The molecule has 0 aliphatic rings. The van der Waals surface area contributed by atoms with Crippen LogP contribution in [0.2, 0.25) is 0 Å². The van der Waals surface area contributed by atoms with Gasteiger partial charge >= 0.3 is 11.6 Å². The molecule has 1 heterocycles. The van der Waals surface area contributed by atoms with Crippen LogP contribution in [0.5, 0.6) is 5.75 Å². The Kier molecular flexibility index (Phi) is 4.68. The summed E-state index contributed by atoms with van der Waals surface area (Å²) in [5.74, 6) is -0.0232. The van der Waals surface area contributed by atoms with Crippen LogP contribution in [-0.4, -0.2) is 5.97 Å². The maximum absolute atomic E-state index is 12.3. The van der Waals surface area contributed by atoms with Gasteiger partial charge in [-0.15, -0.1) is 11.6 Å². The topological polar surface area (TPSA) is 56.5 Å². The summed E-state index contributed by atoms with van der Waals surface area (Å²) in [6, 6.07) is 13.7.